The molecule has 2 aromatic carbocycles. The average molecular weight is 544 g/mol. The Labute approximate surface area is 227 Å². The number of carbonyl (C=O) groups is 4. The number of aromatic hydroxyl groups is 1. The van der Waals surface area contributed by atoms with Crippen LogP contribution in [0, 0.1) is 5.92 Å². The minimum Gasteiger partial charge on any atom is -0.508 e. The van der Waals surface area contributed by atoms with Crippen LogP contribution in [0.1, 0.15) is 58.6 Å². The minimum atomic E-state index is -1.41. The Bertz CT molecular complexity index is 1160. The number of carbonyl (C=O) groups excluding carboxylic acids is 3. The molecule has 0 aromatic heterocycles. The molecular weight excluding hydrogens is 506 g/mol. The summed E-state index contributed by atoms with van der Waals surface area (Å²) in [7, 11) is 0. The second-order valence-electron chi connectivity index (χ2n) is 10.4. The van der Waals surface area contributed by atoms with E-state index in [1.54, 1.807) is 46.8 Å². The molecular formula is C28H37N3O8. The summed E-state index contributed by atoms with van der Waals surface area (Å²) in [4.78, 5) is 49.8. The zero-order valence-corrected chi connectivity index (χ0v) is 23.0. The molecule has 0 radical (unpaired) electrons. The molecule has 0 aliphatic heterocycles. The van der Waals surface area contributed by atoms with Crippen LogP contribution in [-0.4, -0.2) is 52.0 Å². The van der Waals surface area contributed by atoms with Crippen LogP contribution < -0.4 is 16.0 Å². The van der Waals surface area contributed by atoms with Gasteiger partial charge in [-0.1, -0.05) is 50.2 Å². The van der Waals surface area contributed by atoms with Gasteiger partial charge in [-0.3, -0.25) is 4.79 Å². The summed E-state index contributed by atoms with van der Waals surface area (Å²) in [6, 6.07) is 10.7. The van der Waals surface area contributed by atoms with E-state index in [4.69, 9.17) is 9.47 Å². The fourth-order valence-electron chi connectivity index (χ4n) is 3.85. The van der Waals surface area contributed by atoms with Gasteiger partial charge in [0, 0.05) is 17.7 Å². The molecule has 0 fully saturated rings. The monoisotopic (exact) mass is 543 g/mol. The molecule has 0 saturated carbocycles. The Morgan fingerprint density at radius 2 is 1.56 bits per heavy atom. The van der Waals surface area contributed by atoms with E-state index in [0.717, 1.165) is 5.56 Å². The molecule has 39 heavy (non-hydrogen) atoms. The van der Waals surface area contributed by atoms with Gasteiger partial charge in [-0.25, -0.2) is 14.4 Å². The van der Waals surface area contributed by atoms with Crippen LogP contribution in [0.25, 0.3) is 0 Å². The van der Waals surface area contributed by atoms with E-state index in [-0.39, 0.29) is 24.0 Å². The van der Waals surface area contributed by atoms with Crippen molar-refractivity contribution in [2.24, 2.45) is 5.92 Å². The molecule has 3 amide bonds. The first-order valence-electron chi connectivity index (χ1n) is 12.5. The van der Waals surface area contributed by atoms with Gasteiger partial charge in [0.1, 0.15) is 30.0 Å². The van der Waals surface area contributed by atoms with E-state index < -0.39 is 47.7 Å². The summed E-state index contributed by atoms with van der Waals surface area (Å²) < 4.78 is 10.4. The third-order valence-electron chi connectivity index (χ3n) is 5.61. The van der Waals surface area contributed by atoms with Crippen LogP contribution in [0.15, 0.2) is 48.5 Å². The maximum Gasteiger partial charge on any atom is 0.408 e. The van der Waals surface area contributed by atoms with Crippen molar-refractivity contribution in [1.82, 2.24) is 10.6 Å². The zero-order chi connectivity index (χ0) is 29.3. The Hall–Kier alpha value is -4.28. The molecule has 0 heterocycles. The van der Waals surface area contributed by atoms with E-state index in [2.05, 4.69) is 16.0 Å². The molecule has 2 rings (SSSR count). The maximum absolute atomic E-state index is 12.9. The number of carboxylic acid groups (broad SMARTS) is 1. The standard InChI is InChI=1S/C28H37N3O8/c1-16(2)22(23(25(34)35)31-27(37)39-28(4,5)6)20-13-12-19(32)14-21(20)30-24(33)17(3)29-26(36)38-15-18-10-8-7-9-11-18/h7-14,16-17,22-23,32H,15H2,1-6H3,(H,29,36)(H,30,33)(H,31,37)(H,34,35)/t17?,22?,23-/m1/s1. The van der Waals surface area contributed by atoms with Crippen molar-refractivity contribution in [2.45, 2.75) is 71.8 Å². The number of nitrogens with one attached hydrogen (secondary N) is 3. The van der Waals surface area contributed by atoms with Crippen molar-refractivity contribution < 1.29 is 38.9 Å². The number of amides is 3. The van der Waals surface area contributed by atoms with Gasteiger partial charge >= 0.3 is 18.2 Å². The number of hydrogen-bond donors (Lipinski definition) is 5. The number of phenolic OH excluding ortho intramolecular Hbond substituents is 1. The number of alkyl carbamates (subject to hydrolysis) is 2. The van der Waals surface area contributed by atoms with Crippen LogP contribution in [0.2, 0.25) is 0 Å². The van der Waals surface area contributed by atoms with Gasteiger partial charge in [0.15, 0.2) is 0 Å². The molecule has 212 valence electrons. The number of carboxylic acids is 1. The lowest BCUT2D eigenvalue weighted by Crippen LogP contribution is -2.48. The summed E-state index contributed by atoms with van der Waals surface area (Å²) >= 11 is 0. The fraction of sp³-hybridized carbons (Fsp3) is 0.429. The predicted octanol–water partition coefficient (Wildman–Crippen LogP) is 4.36. The van der Waals surface area contributed by atoms with Crippen LogP contribution in [0.5, 0.6) is 5.75 Å². The van der Waals surface area contributed by atoms with Crippen molar-refractivity contribution in [3.8, 4) is 5.75 Å². The highest BCUT2D eigenvalue weighted by Crippen LogP contribution is 2.36. The Morgan fingerprint density at radius 1 is 0.923 bits per heavy atom. The third-order valence-corrected chi connectivity index (χ3v) is 5.61. The normalized spacial score (nSPS) is 13.5. The molecule has 11 nitrogen and oxygen atoms in total. The summed E-state index contributed by atoms with van der Waals surface area (Å²) in [5.74, 6) is -3.27. The summed E-state index contributed by atoms with van der Waals surface area (Å²) in [6.07, 6.45) is -1.71. The number of ether oxygens (including phenoxy) is 2. The first kappa shape index (κ1) is 30.9. The van der Waals surface area contributed by atoms with Crippen molar-refractivity contribution >= 4 is 29.8 Å². The molecule has 2 aromatic rings. The Balaban J connectivity index is 2.22. The minimum absolute atomic E-state index is 0.0228. The molecule has 0 bridgehead atoms. The van der Waals surface area contributed by atoms with Gasteiger partial charge in [-0.05, 0) is 50.8 Å². The lowest BCUT2D eigenvalue weighted by atomic mass is 9.81. The second kappa shape index (κ2) is 13.5. The lowest BCUT2D eigenvalue weighted by molar-refractivity contribution is -0.140. The van der Waals surface area contributed by atoms with E-state index in [1.807, 2.05) is 18.2 Å². The number of aliphatic carboxylic acids is 1. The van der Waals surface area contributed by atoms with Gasteiger partial charge in [-0.2, -0.15) is 0 Å². The fourth-order valence-corrected chi connectivity index (χ4v) is 3.85. The number of anilines is 1. The van der Waals surface area contributed by atoms with Gasteiger partial charge in [-0.15, -0.1) is 0 Å². The molecule has 3 atom stereocenters. The van der Waals surface area contributed by atoms with Crippen LogP contribution in [0.4, 0.5) is 15.3 Å². The molecule has 0 aliphatic carbocycles. The maximum atomic E-state index is 12.9. The smallest absolute Gasteiger partial charge is 0.408 e. The molecule has 11 heteroatoms. The zero-order valence-electron chi connectivity index (χ0n) is 23.0. The SMILES string of the molecule is CC(NC(=O)OCc1ccccc1)C(=O)Nc1cc(O)ccc1C(C(C)C)[C@@H](NC(=O)OC(C)(C)C)C(=O)O. The number of benzene rings is 2. The molecule has 2 unspecified atom stereocenters. The average Bonchev–Trinajstić information content (AvgIpc) is 2.82. The van der Waals surface area contributed by atoms with Gasteiger partial charge in [0.25, 0.3) is 0 Å². The van der Waals surface area contributed by atoms with E-state index >= 15 is 0 Å². The number of phenols is 1. The number of rotatable bonds is 10. The van der Waals surface area contributed by atoms with Crippen molar-refractivity contribution in [2.75, 3.05) is 5.32 Å². The van der Waals surface area contributed by atoms with Crippen LogP contribution >= 0.6 is 0 Å². The Morgan fingerprint density at radius 3 is 2.13 bits per heavy atom. The molecule has 5 N–H and O–H groups in total. The lowest BCUT2D eigenvalue weighted by Gasteiger charge is -2.31. The van der Waals surface area contributed by atoms with Crippen molar-refractivity contribution in [3.05, 3.63) is 59.7 Å². The predicted molar refractivity (Wildman–Crippen MR) is 144 cm³/mol. The highest BCUT2D eigenvalue weighted by atomic mass is 16.6. The topological polar surface area (TPSA) is 163 Å². The second-order valence-corrected chi connectivity index (χ2v) is 10.4. The molecule has 0 aliphatic rings. The van der Waals surface area contributed by atoms with E-state index in [1.165, 1.54) is 25.1 Å². The first-order chi connectivity index (χ1) is 18.2. The van der Waals surface area contributed by atoms with Gasteiger partial charge < -0.3 is 35.6 Å². The number of hydrogen-bond acceptors (Lipinski definition) is 7. The quantitative estimate of drug-likeness (QED) is 0.295. The summed E-state index contributed by atoms with van der Waals surface area (Å²) in [6.45, 7) is 9.97. The van der Waals surface area contributed by atoms with E-state index in [0.29, 0.717) is 5.56 Å². The third kappa shape index (κ3) is 9.84. The highest BCUT2D eigenvalue weighted by molar-refractivity contribution is 5.97. The van der Waals surface area contributed by atoms with Crippen molar-refractivity contribution in [1.29, 1.82) is 0 Å². The highest BCUT2D eigenvalue weighted by Gasteiger charge is 2.36. The Kier molecular flexibility index (Phi) is 10.7. The van der Waals surface area contributed by atoms with Crippen LogP contribution in [0.3, 0.4) is 0 Å². The summed E-state index contributed by atoms with van der Waals surface area (Å²) in [5, 5.41) is 27.6. The largest absolute Gasteiger partial charge is 0.508 e. The van der Waals surface area contributed by atoms with Gasteiger partial charge in [0.2, 0.25) is 5.91 Å². The van der Waals surface area contributed by atoms with Crippen LogP contribution in [-0.2, 0) is 25.7 Å². The van der Waals surface area contributed by atoms with Gasteiger partial charge in [0.05, 0.1) is 0 Å². The molecule has 0 saturated heterocycles. The van der Waals surface area contributed by atoms with Crippen molar-refractivity contribution in [3.63, 3.8) is 0 Å². The van der Waals surface area contributed by atoms with E-state index in [9.17, 15) is 29.4 Å². The summed E-state index contributed by atoms with van der Waals surface area (Å²) in [5.41, 5.74) is 0.423. The molecule has 0 spiro atoms. The first-order valence-corrected chi connectivity index (χ1v) is 12.5.